The van der Waals surface area contributed by atoms with E-state index in [0.717, 1.165) is 6.42 Å². The van der Waals surface area contributed by atoms with E-state index in [0.29, 0.717) is 40.9 Å². The molecule has 6 rings (SSSR count). The average molecular weight is 602 g/mol. The predicted octanol–water partition coefficient (Wildman–Crippen LogP) is 7.12. The number of ether oxygens (including phenoxy) is 1. The molecule has 1 saturated carbocycles. The van der Waals surface area contributed by atoms with E-state index in [4.69, 9.17) is 27.9 Å². The summed E-state index contributed by atoms with van der Waals surface area (Å²) in [6.45, 7) is 7.43. The number of pyridine rings is 1. The van der Waals surface area contributed by atoms with Crippen LogP contribution in [0.15, 0.2) is 22.2 Å². The highest BCUT2D eigenvalue weighted by atomic mass is 35.5. The number of fused-ring (bicyclic) bond motifs is 2. The highest BCUT2D eigenvalue weighted by Crippen LogP contribution is 2.46. The fraction of sp³-hybridized carbons (Fsp3) is 0.467. The highest BCUT2D eigenvalue weighted by Gasteiger charge is 2.55. The van der Waals surface area contributed by atoms with Crippen LogP contribution in [0.1, 0.15) is 73.6 Å². The Morgan fingerprint density at radius 2 is 2.07 bits per heavy atom. The molecule has 0 radical (unpaired) electrons. The number of nitriles is 1. The number of benzene rings is 1. The Hall–Kier alpha value is -3.35. The summed E-state index contributed by atoms with van der Waals surface area (Å²) < 4.78 is 22.1. The van der Waals surface area contributed by atoms with Gasteiger partial charge in [0.05, 0.1) is 39.6 Å². The standard InChI is InChI=1S/C30H31Cl2FN4O4/c1-14-21(28(38)39)26(36-25-16-12-20(25)37(13-16)29(40)41-30(2,3)4)18-11-15(7-6-10-34)22(24(33)27(18)35-14)17-8-5-9-19(31)23(17)32/h9,11,16,20,25H,5-8,12-13H2,1-4H3,(H,35,36)(H,38,39)/t16-,20-,25+/m1/s1. The number of nitrogens with zero attached hydrogens (tertiary/aromatic N) is 3. The number of carbonyl (C=O) groups is 2. The number of allylic oxidation sites excluding steroid dienone is 4. The molecule has 1 aromatic heterocycles. The maximum Gasteiger partial charge on any atom is 0.410 e. The molecule has 2 aromatic rings. The SMILES string of the molecule is Cc1nc2c(F)c(C3=C(Cl)C(Cl)=CCC3)c(CCC#N)cc2c(N[C@H]2[C@@H]3C[C@H]2N(C(=O)OC(C)(C)C)C3)c1C(=O)O. The molecule has 2 bridgehead atoms. The van der Waals surface area contributed by atoms with Crippen LogP contribution in [0.4, 0.5) is 14.9 Å². The van der Waals surface area contributed by atoms with E-state index in [9.17, 15) is 20.0 Å². The van der Waals surface area contributed by atoms with Crippen LogP contribution < -0.4 is 5.32 Å². The summed E-state index contributed by atoms with van der Waals surface area (Å²) in [5.41, 5.74) is 1.00. The Morgan fingerprint density at radius 1 is 1.34 bits per heavy atom. The van der Waals surface area contributed by atoms with E-state index >= 15 is 4.39 Å². The summed E-state index contributed by atoms with van der Waals surface area (Å²) in [5, 5.41) is 23.8. The third kappa shape index (κ3) is 5.24. The van der Waals surface area contributed by atoms with E-state index in [1.54, 1.807) is 37.8 Å². The van der Waals surface area contributed by atoms with E-state index in [1.165, 1.54) is 6.92 Å². The number of hydrogen-bond acceptors (Lipinski definition) is 6. The number of amides is 1. The smallest absolute Gasteiger partial charge is 0.410 e. The zero-order valence-electron chi connectivity index (χ0n) is 23.3. The second-order valence-electron chi connectivity index (χ2n) is 11.8. The number of aromatic carboxylic acids is 1. The maximum atomic E-state index is 16.5. The number of nitrogens with one attached hydrogen (secondary N) is 1. The second-order valence-corrected chi connectivity index (χ2v) is 12.6. The van der Waals surface area contributed by atoms with E-state index in [-0.39, 0.29) is 63.9 Å². The number of rotatable bonds is 6. The van der Waals surface area contributed by atoms with Gasteiger partial charge in [0.2, 0.25) is 0 Å². The van der Waals surface area contributed by atoms with Gasteiger partial charge in [-0.05, 0) is 70.6 Å². The molecule has 2 N–H and O–H groups in total. The molecule has 216 valence electrons. The van der Waals surface area contributed by atoms with Gasteiger partial charge in [-0.15, -0.1) is 0 Å². The Balaban J connectivity index is 1.64. The van der Waals surface area contributed by atoms with Gasteiger partial charge in [0, 0.05) is 29.8 Å². The van der Waals surface area contributed by atoms with Crippen molar-refractivity contribution in [2.75, 3.05) is 11.9 Å². The van der Waals surface area contributed by atoms with Gasteiger partial charge in [0.25, 0.3) is 0 Å². The van der Waals surface area contributed by atoms with Gasteiger partial charge < -0.3 is 20.1 Å². The van der Waals surface area contributed by atoms with Gasteiger partial charge in [-0.2, -0.15) is 5.26 Å². The molecule has 1 aromatic carbocycles. The first-order valence-electron chi connectivity index (χ1n) is 13.6. The van der Waals surface area contributed by atoms with Crippen molar-refractivity contribution in [3.05, 3.63) is 50.4 Å². The molecule has 8 nitrogen and oxygen atoms in total. The van der Waals surface area contributed by atoms with Crippen LogP contribution in [0.5, 0.6) is 0 Å². The third-order valence-electron chi connectivity index (χ3n) is 7.93. The number of hydrogen-bond donors (Lipinski definition) is 2. The maximum absolute atomic E-state index is 16.5. The van der Waals surface area contributed by atoms with Crippen LogP contribution in [0.2, 0.25) is 0 Å². The Labute approximate surface area is 247 Å². The summed E-state index contributed by atoms with van der Waals surface area (Å²) in [6, 6.07) is 3.38. The van der Waals surface area contributed by atoms with E-state index < -0.39 is 23.5 Å². The minimum Gasteiger partial charge on any atom is -0.478 e. The lowest BCUT2D eigenvalue weighted by Gasteiger charge is -2.38. The van der Waals surface area contributed by atoms with Crippen molar-refractivity contribution in [1.29, 1.82) is 5.26 Å². The number of aromatic nitrogens is 1. The van der Waals surface area contributed by atoms with Crippen LogP contribution in [-0.4, -0.2) is 51.3 Å². The van der Waals surface area contributed by atoms with Gasteiger partial charge in [-0.1, -0.05) is 29.3 Å². The summed E-state index contributed by atoms with van der Waals surface area (Å²) >= 11 is 12.8. The van der Waals surface area contributed by atoms with Crippen LogP contribution in [-0.2, 0) is 11.2 Å². The van der Waals surface area contributed by atoms with Crippen molar-refractivity contribution in [2.45, 2.75) is 77.5 Å². The highest BCUT2D eigenvalue weighted by molar-refractivity contribution is 6.46. The molecular weight excluding hydrogens is 570 g/mol. The van der Waals surface area contributed by atoms with Gasteiger partial charge in [-0.25, -0.2) is 19.0 Å². The van der Waals surface area contributed by atoms with Crippen LogP contribution >= 0.6 is 23.2 Å². The number of carboxylic acid groups (broad SMARTS) is 1. The minimum atomic E-state index is -1.20. The van der Waals surface area contributed by atoms with Crippen molar-refractivity contribution in [3.63, 3.8) is 0 Å². The predicted molar refractivity (Wildman–Crippen MR) is 156 cm³/mol. The Morgan fingerprint density at radius 3 is 2.73 bits per heavy atom. The fourth-order valence-corrected chi connectivity index (χ4v) is 6.60. The number of anilines is 1. The molecule has 3 heterocycles. The molecule has 1 amide bonds. The summed E-state index contributed by atoms with van der Waals surface area (Å²) in [7, 11) is 0. The molecule has 3 atom stereocenters. The Bertz CT molecular complexity index is 1570. The lowest BCUT2D eigenvalue weighted by atomic mass is 9.79. The molecule has 2 saturated heterocycles. The molecule has 11 heteroatoms. The van der Waals surface area contributed by atoms with Crippen molar-refractivity contribution in [1.82, 2.24) is 9.88 Å². The number of halogens is 3. The summed E-state index contributed by atoms with van der Waals surface area (Å²) in [4.78, 5) is 31.4. The molecular formula is C30H31Cl2FN4O4. The van der Waals surface area contributed by atoms with Crippen molar-refractivity contribution in [2.24, 2.45) is 5.92 Å². The minimum absolute atomic E-state index is 0.00372. The van der Waals surface area contributed by atoms with Crippen LogP contribution in [0.25, 0.3) is 16.5 Å². The first kappa shape index (κ1) is 29.2. The van der Waals surface area contributed by atoms with Crippen LogP contribution in [0.3, 0.4) is 0 Å². The van der Waals surface area contributed by atoms with Crippen molar-refractivity contribution >= 4 is 57.4 Å². The van der Waals surface area contributed by atoms with E-state index in [2.05, 4.69) is 16.4 Å². The molecule has 0 unspecified atom stereocenters. The Kier molecular flexibility index (Phi) is 7.68. The first-order valence-corrected chi connectivity index (χ1v) is 14.3. The molecule has 0 spiro atoms. The number of aryl methyl sites for hydroxylation is 2. The van der Waals surface area contributed by atoms with E-state index in [1.807, 2.05) is 0 Å². The molecule has 3 fully saturated rings. The normalized spacial score (nSPS) is 21.9. The van der Waals surface area contributed by atoms with Gasteiger partial charge in [0.15, 0.2) is 5.82 Å². The van der Waals surface area contributed by atoms with Gasteiger partial charge in [0.1, 0.15) is 16.7 Å². The lowest BCUT2D eigenvalue weighted by Crippen LogP contribution is -2.50. The molecule has 2 aliphatic carbocycles. The first-order chi connectivity index (χ1) is 19.3. The third-order valence-corrected chi connectivity index (χ3v) is 8.81. The summed E-state index contributed by atoms with van der Waals surface area (Å²) in [6.07, 6.45) is 3.51. The average Bonchev–Trinajstić information content (AvgIpc) is 3.48. The van der Waals surface area contributed by atoms with Crippen molar-refractivity contribution < 1.29 is 23.8 Å². The molecule has 4 aliphatic rings. The van der Waals surface area contributed by atoms with Crippen molar-refractivity contribution in [3.8, 4) is 6.07 Å². The lowest BCUT2D eigenvalue weighted by molar-refractivity contribution is 0.0239. The number of carbonyl (C=O) groups excluding carboxylic acids is 1. The largest absolute Gasteiger partial charge is 0.478 e. The zero-order chi connectivity index (χ0) is 29.8. The van der Waals surface area contributed by atoms with Gasteiger partial charge in [-0.3, -0.25) is 0 Å². The fourth-order valence-electron chi connectivity index (χ4n) is 6.11. The van der Waals surface area contributed by atoms with Gasteiger partial charge >= 0.3 is 12.1 Å². The quantitative estimate of drug-likeness (QED) is 0.362. The monoisotopic (exact) mass is 600 g/mol. The topological polar surface area (TPSA) is 116 Å². The molecule has 41 heavy (non-hydrogen) atoms. The molecule has 2 aliphatic heterocycles. The number of carboxylic acids is 1. The van der Waals surface area contributed by atoms with Crippen LogP contribution in [0, 0.1) is 30.0 Å². The zero-order valence-corrected chi connectivity index (χ0v) is 24.8. The second kappa shape index (κ2) is 10.8. The summed E-state index contributed by atoms with van der Waals surface area (Å²) in [5.74, 6) is -1.75.